The molecule has 0 spiro atoms. The molecule has 0 bridgehead atoms. The second-order valence-corrected chi connectivity index (χ2v) is 6.73. The van der Waals surface area contributed by atoms with Crippen LogP contribution in [0.15, 0.2) is 36.7 Å². The van der Waals surface area contributed by atoms with Crippen LogP contribution in [0.3, 0.4) is 0 Å². The lowest BCUT2D eigenvalue weighted by Crippen LogP contribution is -2.25. The third kappa shape index (κ3) is 3.77. The van der Waals surface area contributed by atoms with Gasteiger partial charge in [-0.25, -0.2) is 9.97 Å². The molecule has 0 amide bonds. The van der Waals surface area contributed by atoms with Gasteiger partial charge in [0.25, 0.3) is 0 Å². The molecule has 27 heavy (non-hydrogen) atoms. The molecule has 3 aromatic heterocycles. The Labute approximate surface area is 158 Å². The lowest BCUT2D eigenvalue weighted by molar-refractivity contribution is 0.730. The van der Waals surface area contributed by atoms with Crippen LogP contribution in [0.4, 0.5) is 17.3 Å². The summed E-state index contributed by atoms with van der Waals surface area (Å²) >= 11 is 0. The molecule has 7 nitrogen and oxygen atoms in total. The van der Waals surface area contributed by atoms with E-state index in [4.69, 9.17) is 0 Å². The molecule has 0 radical (unpaired) electrons. The highest BCUT2D eigenvalue weighted by Crippen LogP contribution is 2.33. The molecule has 0 unspecified atom stereocenters. The highest BCUT2D eigenvalue weighted by molar-refractivity contribution is 5.87. The number of anilines is 3. The number of allylic oxidation sites excluding steroid dienone is 2. The third-order valence-electron chi connectivity index (χ3n) is 4.87. The zero-order chi connectivity index (χ0) is 18.5. The van der Waals surface area contributed by atoms with Crippen molar-refractivity contribution in [2.24, 2.45) is 0 Å². The monoisotopic (exact) mass is 363 g/mol. The number of hydrogen-bond acceptors (Lipinski definition) is 6. The Hall–Kier alpha value is -2.96. The van der Waals surface area contributed by atoms with Crippen LogP contribution in [0.5, 0.6) is 0 Å². The summed E-state index contributed by atoms with van der Waals surface area (Å²) in [5, 5.41) is 10.4. The second-order valence-electron chi connectivity index (χ2n) is 6.73. The Morgan fingerprint density at radius 2 is 1.96 bits per heavy atom. The van der Waals surface area contributed by atoms with Gasteiger partial charge in [-0.3, -0.25) is 10.1 Å². The van der Waals surface area contributed by atoms with Crippen LogP contribution in [0, 0.1) is 0 Å². The first kappa shape index (κ1) is 17.5. The highest BCUT2D eigenvalue weighted by atomic mass is 15.3. The van der Waals surface area contributed by atoms with E-state index in [2.05, 4.69) is 53.6 Å². The number of nitrogens with zero attached hydrogens (tertiary/aromatic N) is 5. The molecule has 1 aliphatic carbocycles. The zero-order valence-electron chi connectivity index (χ0n) is 15.6. The van der Waals surface area contributed by atoms with E-state index in [0.717, 1.165) is 47.9 Å². The zero-order valence-corrected chi connectivity index (χ0v) is 15.6. The van der Waals surface area contributed by atoms with Gasteiger partial charge >= 0.3 is 0 Å². The molecule has 0 saturated carbocycles. The fourth-order valence-electron chi connectivity index (χ4n) is 3.47. The molecular formula is C20H25N7. The number of aromatic nitrogens is 5. The molecule has 7 heteroatoms. The molecule has 2 aliphatic rings. The minimum Gasteiger partial charge on any atom is -0.372 e. The van der Waals surface area contributed by atoms with Crippen LogP contribution in [-0.2, 0) is 6.42 Å². The van der Waals surface area contributed by atoms with E-state index in [1.165, 1.54) is 25.7 Å². The minimum atomic E-state index is 0.688. The van der Waals surface area contributed by atoms with E-state index in [0.29, 0.717) is 5.65 Å². The fraction of sp³-hybridized carbons (Fsp3) is 0.400. The molecule has 5 rings (SSSR count). The largest absolute Gasteiger partial charge is 0.372 e. The maximum Gasteiger partial charge on any atom is 0.183 e. The van der Waals surface area contributed by atoms with Gasteiger partial charge in [0.15, 0.2) is 17.0 Å². The number of fused-ring (bicyclic) bond motifs is 2. The predicted octanol–water partition coefficient (Wildman–Crippen LogP) is 3.99. The molecular weight excluding hydrogens is 338 g/mol. The van der Waals surface area contributed by atoms with E-state index in [1.807, 2.05) is 19.3 Å². The van der Waals surface area contributed by atoms with Gasteiger partial charge in [0.1, 0.15) is 5.82 Å². The van der Waals surface area contributed by atoms with Crippen molar-refractivity contribution in [1.82, 2.24) is 25.1 Å². The molecule has 0 saturated heterocycles. The number of nitrogens with one attached hydrogen (secondary N) is 2. The van der Waals surface area contributed by atoms with Gasteiger partial charge in [-0.15, -0.1) is 0 Å². The maximum absolute atomic E-state index is 4.48. The topological polar surface area (TPSA) is 82.6 Å². The predicted molar refractivity (Wildman–Crippen MR) is 108 cm³/mol. The molecule has 0 atom stereocenters. The van der Waals surface area contributed by atoms with Crippen LogP contribution >= 0.6 is 0 Å². The first-order chi connectivity index (χ1) is 13.4. The van der Waals surface area contributed by atoms with E-state index in [1.54, 1.807) is 6.20 Å². The number of aryl methyl sites for hydroxylation is 1. The molecule has 3 aromatic rings. The number of aromatic amines is 1. The standard InChI is InChI=1S/C14H15N7.C6H10/c1-15-11-8-17-12-13(18-11)19-20-14(12)21-7-3-4-9-10(21)5-2-6-16-9;1-2-4-6-5-3-1/h2,5-6,8H,3-4,7H2,1H3,(H2,15,18,19,20);1-2H,3-6H2. The van der Waals surface area contributed by atoms with Gasteiger partial charge < -0.3 is 10.2 Å². The third-order valence-corrected chi connectivity index (χ3v) is 4.87. The second kappa shape index (κ2) is 8.16. The summed E-state index contributed by atoms with van der Waals surface area (Å²) in [6.45, 7) is 0.911. The van der Waals surface area contributed by atoms with Crippen LogP contribution in [0.25, 0.3) is 11.2 Å². The van der Waals surface area contributed by atoms with Gasteiger partial charge in [-0.05, 0) is 50.7 Å². The van der Waals surface area contributed by atoms with Gasteiger partial charge in [0.2, 0.25) is 0 Å². The van der Waals surface area contributed by atoms with E-state index in [9.17, 15) is 0 Å². The van der Waals surface area contributed by atoms with Gasteiger partial charge in [-0.2, -0.15) is 5.10 Å². The normalized spacial score (nSPS) is 15.8. The van der Waals surface area contributed by atoms with Crippen molar-refractivity contribution < 1.29 is 0 Å². The molecule has 0 aromatic carbocycles. The van der Waals surface area contributed by atoms with Crippen molar-refractivity contribution in [2.45, 2.75) is 38.5 Å². The molecule has 2 N–H and O–H groups in total. The van der Waals surface area contributed by atoms with Crippen LogP contribution < -0.4 is 10.2 Å². The summed E-state index contributed by atoms with van der Waals surface area (Å²) in [6, 6.07) is 4.04. The minimum absolute atomic E-state index is 0.688. The van der Waals surface area contributed by atoms with Crippen molar-refractivity contribution in [3.05, 3.63) is 42.4 Å². The fourth-order valence-corrected chi connectivity index (χ4v) is 3.47. The number of rotatable bonds is 2. The molecule has 4 heterocycles. The molecule has 140 valence electrons. The van der Waals surface area contributed by atoms with Crippen LogP contribution in [-0.4, -0.2) is 38.7 Å². The average Bonchev–Trinajstić information content (AvgIpc) is 3.18. The first-order valence-corrected chi connectivity index (χ1v) is 9.62. The summed E-state index contributed by atoms with van der Waals surface area (Å²) in [6.07, 6.45) is 15.6. The Morgan fingerprint density at radius 3 is 2.70 bits per heavy atom. The maximum atomic E-state index is 4.48. The Morgan fingerprint density at radius 1 is 1.11 bits per heavy atom. The SMILES string of the molecule is C1=CCCCC1.CNc1cnc2c(N3CCCc4ncccc43)n[nH]c2n1. The smallest absolute Gasteiger partial charge is 0.183 e. The summed E-state index contributed by atoms with van der Waals surface area (Å²) in [5.74, 6) is 1.53. The Balaban J connectivity index is 0.000000257. The lowest BCUT2D eigenvalue weighted by Gasteiger charge is -2.28. The molecule has 1 aliphatic heterocycles. The lowest BCUT2D eigenvalue weighted by atomic mass is 10.1. The average molecular weight is 363 g/mol. The highest BCUT2D eigenvalue weighted by Gasteiger charge is 2.23. The number of hydrogen-bond donors (Lipinski definition) is 2. The van der Waals surface area contributed by atoms with Gasteiger partial charge in [0.05, 0.1) is 17.6 Å². The van der Waals surface area contributed by atoms with E-state index >= 15 is 0 Å². The van der Waals surface area contributed by atoms with Gasteiger partial charge in [-0.1, -0.05) is 12.2 Å². The Bertz CT molecular complexity index is 923. The van der Waals surface area contributed by atoms with Crippen molar-refractivity contribution in [1.29, 1.82) is 0 Å². The van der Waals surface area contributed by atoms with Crippen molar-refractivity contribution >= 4 is 28.5 Å². The summed E-state index contributed by atoms with van der Waals surface area (Å²) in [7, 11) is 1.82. The van der Waals surface area contributed by atoms with Gasteiger partial charge in [0, 0.05) is 19.8 Å². The summed E-state index contributed by atoms with van der Waals surface area (Å²) in [5.41, 5.74) is 3.69. The van der Waals surface area contributed by atoms with Crippen molar-refractivity contribution in [3.8, 4) is 0 Å². The molecule has 0 fully saturated rings. The van der Waals surface area contributed by atoms with Crippen molar-refractivity contribution in [3.63, 3.8) is 0 Å². The summed E-state index contributed by atoms with van der Waals surface area (Å²) in [4.78, 5) is 15.5. The van der Waals surface area contributed by atoms with E-state index in [-0.39, 0.29) is 0 Å². The summed E-state index contributed by atoms with van der Waals surface area (Å²) < 4.78 is 0. The van der Waals surface area contributed by atoms with E-state index < -0.39 is 0 Å². The van der Waals surface area contributed by atoms with Crippen LogP contribution in [0.1, 0.15) is 37.8 Å². The van der Waals surface area contributed by atoms with Crippen molar-refractivity contribution in [2.75, 3.05) is 23.8 Å². The van der Waals surface area contributed by atoms with Crippen LogP contribution in [0.2, 0.25) is 0 Å². The number of pyridine rings is 1. The quantitative estimate of drug-likeness (QED) is 0.670. The Kier molecular flexibility index (Phi) is 5.27. The number of H-pyrrole nitrogens is 1. The first-order valence-electron chi connectivity index (χ1n) is 9.62.